The minimum absolute atomic E-state index is 0.0208. The molecule has 120 valence electrons. The molecule has 9 heteroatoms. The Labute approximate surface area is 116 Å². The Morgan fingerprint density at radius 2 is 1.60 bits per heavy atom. The van der Waals surface area contributed by atoms with Crippen LogP contribution in [0.5, 0.6) is 0 Å². The molecular weight excluding hydrogens is 274 g/mol. The molecule has 0 aliphatic carbocycles. The number of hydrogen-bond donors (Lipinski definition) is 7. The molecule has 0 saturated heterocycles. The van der Waals surface area contributed by atoms with Gasteiger partial charge in [-0.2, -0.15) is 0 Å². The van der Waals surface area contributed by atoms with Gasteiger partial charge in [-0.1, -0.05) is 13.8 Å². The Morgan fingerprint density at radius 3 is 1.80 bits per heavy atom. The van der Waals surface area contributed by atoms with Gasteiger partial charge in [0.15, 0.2) is 6.29 Å². The summed E-state index contributed by atoms with van der Waals surface area (Å²) in [6.45, 7) is 2.79. The number of aliphatic carboxylic acids is 1. The average molecular weight is 297 g/mol. The van der Waals surface area contributed by atoms with Gasteiger partial charge in [0.2, 0.25) is 0 Å². The van der Waals surface area contributed by atoms with Crippen LogP contribution in [0.4, 0.5) is 0 Å². The summed E-state index contributed by atoms with van der Waals surface area (Å²) in [5.41, 5.74) is 5.16. The second kappa shape index (κ2) is 10.7. The number of rotatable bonds is 7. The number of carboxylic acid groups (broad SMARTS) is 1. The summed E-state index contributed by atoms with van der Waals surface area (Å²) in [6, 6.07) is -0.713. The minimum Gasteiger partial charge on any atom is -0.480 e. The lowest BCUT2D eigenvalue weighted by molar-refractivity contribution is -0.139. The molecule has 0 aliphatic heterocycles. The van der Waals surface area contributed by atoms with Gasteiger partial charge >= 0.3 is 5.97 Å². The van der Waals surface area contributed by atoms with Crippen LogP contribution < -0.4 is 5.73 Å². The third-order valence-corrected chi connectivity index (χ3v) is 2.42. The molecule has 0 rings (SSSR count). The Balaban J connectivity index is 0. The van der Waals surface area contributed by atoms with Crippen molar-refractivity contribution in [3.05, 3.63) is 0 Å². The number of carbonyl (C=O) groups is 2. The van der Waals surface area contributed by atoms with Crippen molar-refractivity contribution in [3.8, 4) is 0 Å². The van der Waals surface area contributed by atoms with Crippen LogP contribution in [0.15, 0.2) is 0 Å². The van der Waals surface area contributed by atoms with Gasteiger partial charge in [0.05, 0.1) is 6.61 Å². The maximum absolute atomic E-state index is 10.0. The van der Waals surface area contributed by atoms with E-state index in [1.165, 1.54) is 0 Å². The Morgan fingerprint density at radius 1 is 1.15 bits per heavy atom. The van der Waals surface area contributed by atoms with Crippen molar-refractivity contribution in [2.45, 2.75) is 44.3 Å². The van der Waals surface area contributed by atoms with E-state index in [-0.39, 0.29) is 12.2 Å². The van der Waals surface area contributed by atoms with Crippen molar-refractivity contribution >= 4 is 12.3 Å². The van der Waals surface area contributed by atoms with Gasteiger partial charge in [0, 0.05) is 0 Å². The van der Waals surface area contributed by atoms with Crippen LogP contribution in [0, 0.1) is 5.92 Å². The van der Waals surface area contributed by atoms with Crippen LogP contribution in [0.25, 0.3) is 0 Å². The molecule has 0 aromatic rings. The first kappa shape index (κ1) is 21.2. The molecular formula is C11H23NO8. The number of hydrogen-bond acceptors (Lipinski definition) is 8. The van der Waals surface area contributed by atoms with E-state index in [4.69, 9.17) is 36.4 Å². The minimum atomic E-state index is -1.79. The van der Waals surface area contributed by atoms with Crippen LogP contribution >= 0.6 is 0 Å². The molecule has 9 nitrogen and oxygen atoms in total. The van der Waals surface area contributed by atoms with E-state index < -0.39 is 43.0 Å². The quantitative estimate of drug-likeness (QED) is 0.236. The summed E-state index contributed by atoms with van der Waals surface area (Å²) < 4.78 is 0. The number of nitrogens with two attached hydrogens (primary N) is 1. The predicted molar refractivity (Wildman–Crippen MR) is 67.6 cm³/mol. The fourth-order valence-corrected chi connectivity index (χ4v) is 0.903. The van der Waals surface area contributed by atoms with Crippen molar-refractivity contribution in [3.63, 3.8) is 0 Å². The number of aldehydes is 1. The third-order valence-electron chi connectivity index (χ3n) is 2.42. The van der Waals surface area contributed by atoms with Crippen LogP contribution in [0.1, 0.15) is 13.8 Å². The Bertz CT molecular complexity index is 286. The average Bonchev–Trinajstić information content (AvgIpc) is 2.43. The molecule has 0 spiro atoms. The monoisotopic (exact) mass is 297 g/mol. The van der Waals surface area contributed by atoms with E-state index in [1.54, 1.807) is 13.8 Å². The first-order valence-corrected chi connectivity index (χ1v) is 5.86. The Kier molecular flexibility index (Phi) is 11.3. The van der Waals surface area contributed by atoms with Crippen LogP contribution in [0.2, 0.25) is 0 Å². The highest BCUT2D eigenvalue weighted by atomic mass is 16.4. The summed E-state index contributed by atoms with van der Waals surface area (Å²) in [7, 11) is 0. The molecule has 20 heavy (non-hydrogen) atoms. The Hall–Kier alpha value is -1.10. The molecule has 0 fully saturated rings. The van der Waals surface area contributed by atoms with Crippen LogP contribution in [-0.4, -0.2) is 80.0 Å². The number of aliphatic hydroxyl groups is 5. The maximum Gasteiger partial charge on any atom is 0.320 e. The molecule has 0 unspecified atom stereocenters. The van der Waals surface area contributed by atoms with Crippen LogP contribution in [0.3, 0.4) is 0 Å². The molecule has 0 aliphatic rings. The lowest BCUT2D eigenvalue weighted by Crippen LogP contribution is -2.46. The van der Waals surface area contributed by atoms with E-state index in [9.17, 15) is 9.59 Å². The van der Waals surface area contributed by atoms with E-state index in [0.717, 1.165) is 0 Å². The molecule has 5 atom stereocenters. The zero-order chi connectivity index (χ0) is 16.5. The lowest BCUT2D eigenvalue weighted by Gasteiger charge is -2.22. The maximum atomic E-state index is 10.0. The van der Waals surface area contributed by atoms with Gasteiger partial charge in [-0.15, -0.1) is 0 Å². The second-order valence-electron chi connectivity index (χ2n) is 4.47. The highest BCUT2D eigenvalue weighted by Gasteiger charge is 2.29. The smallest absolute Gasteiger partial charge is 0.320 e. The van der Waals surface area contributed by atoms with Crippen molar-refractivity contribution in [2.75, 3.05) is 6.61 Å². The van der Waals surface area contributed by atoms with E-state index >= 15 is 0 Å². The number of aliphatic hydroxyl groups excluding tert-OH is 5. The number of carbonyl (C=O) groups excluding carboxylic acids is 1. The molecule has 0 heterocycles. The van der Waals surface area contributed by atoms with Crippen molar-refractivity contribution in [1.82, 2.24) is 0 Å². The van der Waals surface area contributed by atoms with Gasteiger partial charge < -0.3 is 41.2 Å². The van der Waals surface area contributed by atoms with Crippen molar-refractivity contribution in [2.24, 2.45) is 11.7 Å². The van der Waals surface area contributed by atoms with Gasteiger partial charge in [-0.25, -0.2) is 0 Å². The van der Waals surface area contributed by atoms with E-state index in [0.29, 0.717) is 0 Å². The van der Waals surface area contributed by atoms with Crippen LogP contribution in [-0.2, 0) is 9.59 Å². The summed E-state index contributed by atoms with van der Waals surface area (Å²) in [4.78, 5) is 19.9. The fourth-order valence-electron chi connectivity index (χ4n) is 0.903. The standard InChI is InChI=1S/C6H12O6.C5H11NO2/c7-1-3(9)5(11)6(12)4(10)2-8;1-3(2)4(6)5(7)8/h1,3-6,8-12H,2H2;3-4H,6H2,1-2H3,(H,7,8)/t3-,4-,5-,6-;4-/m10/s1. The SMILES string of the molecule is CC(C)[C@H](N)C(=O)O.O=C[C@@H](O)[C@@H](O)[C@H](O)[C@H](O)CO. The zero-order valence-electron chi connectivity index (χ0n) is 11.3. The first-order chi connectivity index (χ1) is 9.09. The molecule has 0 aromatic carbocycles. The summed E-state index contributed by atoms with van der Waals surface area (Å²) in [5.74, 6) is -0.910. The van der Waals surface area contributed by atoms with Gasteiger partial charge in [-0.05, 0) is 5.92 Å². The third kappa shape index (κ3) is 8.15. The zero-order valence-corrected chi connectivity index (χ0v) is 11.3. The molecule has 0 bridgehead atoms. The predicted octanol–water partition coefficient (Wildman–Crippen LogP) is -3.32. The molecule has 0 saturated carbocycles. The number of carboxylic acids is 1. The van der Waals surface area contributed by atoms with Gasteiger partial charge in [0.25, 0.3) is 0 Å². The molecule has 0 amide bonds. The molecule has 0 aromatic heterocycles. The van der Waals surface area contributed by atoms with Crippen molar-refractivity contribution < 1.29 is 40.2 Å². The van der Waals surface area contributed by atoms with Gasteiger partial charge in [-0.3, -0.25) is 4.79 Å². The normalized spacial score (nSPS) is 18.2. The van der Waals surface area contributed by atoms with E-state index in [2.05, 4.69) is 0 Å². The summed E-state index contributed by atoms with van der Waals surface area (Å²) >= 11 is 0. The van der Waals surface area contributed by atoms with Crippen molar-refractivity contribution in [1.29, 1.82) is 0 Å². The highest BCUT2D eigenvalue weighted by molar-refractivity contribution is 5.73. The second-order valence-corrected chi connectivity index (χ2v) is 4.47. The topological polar surface area (TPSA) is 182 Å². The lowest BCUT2D eigenvalue weighted by atomic mass is 10.0. The van der Waals surface area contributed by atoms with E-state index in [1.807, 2.05) is 0 Å². The highest BCUT2D eigenvalue weighted by Crippen LogP contribution is 2.02. The summed E-state index contributed by atoms with van der Waals surface area (Å²) in [5, 5.41) is 51.8. The first-order valence-electron chi connectivity index (χ1n) is 5.86. The largest absolute Gasteiger partial charge is 0.480 e. The fraction of sp³-hybridized carbons (Fsp3) is 0.818. The van der Waals surface area contributed by atoms with Gasteiger partial charge in [0.1, 0.15) is 30.5 Å². The molecule has 0 radical (unpaired) electrons. The molecule has 8 N–H and O–H groups in total. The summed E-state index contributed by atoms with van der Waals surface area (Å²) in [6.07, 6.45) is -6.84.